The van der Waals surface area contributed by atoms with E-state index in [1.807, 2.05) is 41.0 Å². The molecular weight excluding hydrogens is 554 g/mol. The van der Waals surface area contributed by atoms with E-state index in [1.165, 1.54) is 18.3 Å². The van der Waals surface area contributed by atoms with E-state index in [1.54, 1.807) is 0 Å². The summed E-state index contributed by atoms with van der Waals surface area (Å²) in [5.41, 5.74) is 0.729. The van der Waals surface area contributed by atoms with Crippen LogP contribution in [0.5, 0.6) is 0 Å². The van der Waals surface area contributed by atoms with Crippen LogP contribution in [0, 0.1) is 0 Å². The molecule has 2 aromatic carbocycles. The summed E-state index contributed by atoms with van der Waals surface area (Å²) in [6.07, 6.45) is 3.49. The number of nitrogens with zero attached hydrogens (tertiary/aromatic N) is 2. The highest BCUT2D eigenvalue weighted by Gasteiger charge is 2.35. The van der Waals surface area contributed by atoms with Gasteiger partial charge in [-0.1, -0.05) is 36.4 Å². The van der Waals surface area contributed by atoms with Gasteiger partial charge in [0.15, 0.2) is 0 Å². The molecule has 1 fully saturated rings. The normalized spacial score (nSPS) is 18.5. The first-order chi connectivity index (χ1) is 20.9. The number of H-pyrrole nitrogens is 1. The maximum absolute atomic E-state index is 12.7. The smallest absolute Gasteiger partial charge is 0.330 e. The van der Waals surface area contributed by atoms with Crippen LogP contribution < -0.4 is 21.9 Å². The second-order valence-electron chi connectivity index (χ2n) is 10.5. The summed E-state index contributed by atoms with van der Waals surface area (Å²) < 4.78 is 8.64. The first-order valence-electron chi connectivity index (χ1n) is 14.3. The molecule has 3 heterocycles. The van der Waals surface area contributed by atoms with E-state index in [-0.39, 0.29) is 24.4 Å². The summed E-state index contributed by atoms with van der Waals surface area (Å²) in [5, 5.41) is 27.2. The number of carbonyl (C=O) groups is 2. The number of aromatic amines is 1. The zero-order valence-electron chi connectivity index (χ0n) is 23.6. The van der Waals surface area contributed by atoms with E-state index in [0.717, 1.165) is 39.2 Å². The zero-order chi connectivity index (χ0) is 30.3. The van der Waals surface area contributed by atoms with Crippen molar-refractivity contribution in [3.05, 3.63) is 87.2 Å². The predicted molar refractivity (Wildman–Crippen MR) is 161 cm³/mol. The third-order valence-electron chi connectivity index (χ3n) is 7.56. The SMILES string of the molecule is O=C(/C=C/c1cn([C@H]2C[C@H](O)[C@@H](CO)O2)c(=O)[nH]c1=O)NCCCCCNC(=O)Cn1c2ccccc2c2ccccc21. The van der Waals surface area contributed by atoms with Crippen molar-refractivity contribution in [2.24, 2.45) is 0 Å². The molecule has 5 N–H and O–H groups in total. The van der Waals surface area contributed by atoms with Crippen molar-refractivity contribution in [1.29, 1.82) is 0 Å². The van der Waals surface area contributed by atoms with Gasteiger partial charge in [-0.05, 0) is 37.5 Å². The maximum Gasteiger partial charge on any atom is 0.330 e. The number of carbonyl (C=O) groups excluding carboxylic acids is 2. The lowest BCUT2D eigenvalue weighted by atomic mass is 10.2. The summed E-state index contributed by atoms with van der Waals surface area (Å²) in [6, 6.07) is 16.1. The Balaban J connectivity index is 1.03. The fourth-order valence-electron chi connectivity index (χ4n) is 5.35. The molecule has 1 aliphatic rings. The summed E-state index contributed by atoms with van der Waals surface area (Å²) >= 11 is 0. The Bertz CT molecular complexity index is 1700. The molecule has 1 aliphatic heterocycles. The van der Waals surface area contributed by atoms with E-state index in [2.05, 4.69) is 27.8 Å². The van der Waals surface area contributed by atoms with Gasteiger partial charge in [0.25, 0.3) is 5.56 Å². The number of fused-ring (bicyclic) bond motifs is 3. The summed E-state index contributed by atoms with van der Waals surface area (Å²) in [5.74, 6) is -0.459. The average molecular weight is 590 g/mol. The van der Waals surface area contributed by atoms with Crippen LogP contribution >= 0.6 is 0 Å². The van der Waals surface area contributed by atoms with Crippen LogP contribution in [-0.4, -0.2) is 68.0 Å². The van der Waals surface area contributed by atoms with E-state index < -0.39 is 42.2 Å². The van der Waals surface area contributed by atoms with Crippen molar-refractivity contribution in [1.82, 2.24) is 24.8 Å². The molecule has 5 rings (SSSR count). The molecule has 0 unspecified atom stereocenters. The summed E-state index contributed by atoms with van der Waals surface area (Å²) in [6.45, 7) is 0.782. The van der Waals surface area contributed by atoms with Crippen LogP contribution in [0.2, 0.25) is 0 Å². The Morgan fingerprint density at radius 2 is 1.63 bits per heavy atom. The van der Waals surface area contributed by atoms with Crippen LogP contribution in [0.3, 0.4) is 0 Å². The number of aromatic nitrogens is 3. The minimum atomic E-state index is -0.943. The lowest BCUT2D eigenvalue weighted by Crippen LogP contribution is -2.33. The van der Waals surface area contributed by atoms with Crippen LogP contribution in [-0.2, 0) is 20.9 Å². The fourth-order valence-corrected chi connectivity index (χ4v) is 5.35. The minimum Gasteiger partial charge on any atom is -0.394 e. The lowest BCUT2D eigenvalue weighted by molar-refractivity contribution is -0.121. The van der Waals surface area contributed by atoms with Crippen LogP contribution in [0.4, 0.5) is 0 Å². The monoisotopic (exact) mass is 589 g/mol. The van der Waals surface area contributed by atoms with Crippen LogP contribution in [0.1, 0.15) is 37.5 Å². The highest BCUT2D eigenvalue weighted by Crippen LogP contribution is 2.29. The number of amides is 2. The van der Waals surface area contributed by atoms with E-state index >= 15 is 0 Å². The van der Waals surface area contributed by atoms with Crippen molar-refractivity contribution in [2.45, 2.75) is 50.7 Å². The van der Waals surface area contributed by atoms with E-state index in [0.29, 0.717) is 19.5 Å². The van der Waals surface area contributed by atoms with Gasteiger partial charge in [-0.3, -0.25) is 23.9 Å². The molecule has 12 heteroatoms. The largest absolute Gasteiger partial charge is 0.394 e. The number of hydrogen-bond acceptors (Lipinski definition) is 7. The number of aliphatic hydroxyl groups excluding tert-OH is 2. The van der Waals surface area contributed by atoms with E-state index in [9.17, 15) is 29.4 Å². The van der Waals surface area contributed by atoms with Gasteiger partial charge in [-0.25, -0.2) is 4.79 Å². The Morgan fingerprint density at radius 3 is 2.28 bits per heavy atom. The number of para-hydroxylation sites is 2. The van der Waals surface area contributed by atoms with Gasteiger partial charge >= 0.3 is 5.69 Å². The van der Waals surface area contributed by atoms with Crippen molar-refractivity contribution < 1.29 is 24.5 Å². The molecule has 4 aromatic rings. The molecule has 2 aromatic heterocycles. The predicted octanol–water partition coefficient (Wildman–Crippen LogP) is 1.40. The molecule has 12 nitrogen and oxygen atoms in total. The summed E-state index contributed by atoms with van der Waals surface area (Å²) in [7, 11) is 0. The third-order valence-corrected chi connectivity index (χ3v) is 7.56. The second kappa shape index (κ2) is 13.6. The Hall–Kier alpha value is -4.52. The highest BCUT2D eigenvalue weighted by molar-refractivity contribution is 6.08. The first-order valence-corrected chi connectivity index (χ1v) is 14.3. The molecule has 0 bridgehead atoms. The van der Waals surface area contributed by atoms with Gasteiger partial charge in [0, 0.05) is 53.6 Å². The van der Waals surface area contributed by atoms with Crippen molar-refractivity contribution >= 4 is 39.7 Å². The zero-order valence-corrected chi connectivity index (χ0v) is 23.6. The molecule has 0 spiro atoms. The molecule has 3 atom stereocenters. The van der Waals surface area contributed by atoms with Gasteiger partial charge in [0.05, 0.1) is 18.3 Å². The van der Waals surface area contributed by atoms with Gasteiger partial charge in [-0.15, -0.1) is 0 Å². The summed E-state index contributed by atoms with van der Waals surface area (Å²) in [4.78, 5) is 51.5. The molecule has 0 aliphatic carbocycles. The number of unbranched alkanes of at least 4 members (excludes halogenated alkanes) is 2. The first kappa shape index (κ1) is 30.0. The van der Waals surface area contributed by atoms with Gasteiger partial charge in [-0.2, -0.15) is 0 Å². The molecule has 0 saturated carbocycles. The third kappa shape index (κ3) is 6.94. The standard InChI is InChI=1S/C31H35N5O7/c37-19-26-25(38)16-29(43-26)36-17-20(30(41)34-31(36)42)12-13-27(39)32-14-6-1-7-15-33-28(40)18-35-23-10-4-2-8-21(23)22-9-3-5-11-24(22)35/h2-5,8-13,17,25-26,29,37-38H,1,6-7,14-16,18-19H2,(H,32,39)(H,33,40)(H,34,41,42)/b13-12+/t25-,26+,29+/m0/s1. The topological polar surface area (TPSA) is 168 Å². The average Bonchev–Trinajstić information content (AvgIpc) is 3.53. The van der Waals surface area contributed by atoms with Crippen LogP contribution in [0.15, 0.2) is 70.4 Å². The van der Waals surface area contributed by atoms with Gasteiger partial charge in [0.2, 0.25) is 11.8 Å². The molecular formula is C31H35N5O7. The maximum atomic E-state index is 12.7. The number of nitrogens with one attached hydrogen (secondary N) is 3. The fraction of sp³-hybridized carbons (Fsp3) is 0.355. The lowest BCUT2D eigenvalue weighted by Gasteiger charge is -2.14. The number of aliphatic hydroxyl groups is 2. The number of ether oxygens (including phenoxy) is 1. The van der Waals surface area contributed by atoms with Crippen molar-refractivity contribution in [3.8, 4) is 0 Å². The van der Waals surface area contributed by atoms with Gasteiger partial charge < -0.3 is 30.2 Å². The Morgan fingerprint density at radius 1 is 0.977 bits per heavy atom. The number of rotatable bonds is 12. The van der Waals surface area contributed by atoms with E-state index in [4.69, 9.17) is 4.74 Å². The quantitative estimate of drug-likeness (QED) is 0.123. The molecule has 1 saturated heterocycles. The molecule has 0 radical (unpaired) electrons. The van der Waals surface area contributed by atoms with Gasteiger partial charge in [0.1, 0.15) is 18.9 Å². The minimum absolute atomic E-state index is 0.0600. The number of benzene rings is 2. The number of hydrogen-bond donors (Lipinski definition) is 5. The molecule has 2 amide bonds. The second-order valence-corrected chi connectivity index (χ2v) is 10.5. The molecule has 226 valence electrons. The van der Waals surface area contributed by atoms with Crippen molar-refractivity contribution in [2.75, 3.05) is 19.7 Å². The van der Waals surface area contributed by atoms with Crippen molar-refractivity contribution in [3.63, 3.8) is 0 Å². The molecule has 43 heavy (non-hydrogen) atoms. The Labute approximate surface area is 246 Å². The Kier molecular flexibility index (Phi) is 9.50. The van der Waals surface area contributed by atoms with Crippen LogP contribution in [0.25, 0.3) is 27.9 Å². The highest BCUT2D eigenvalue weighted by atomic mass is 16.5.